The highest BCUT2D eigenvalue weighted by Gasteiger charge is 2.23. The smallest absolute Gasteiger partial charge is 0.407 e. The molecule has 0 aliphatic carbocycles. The first-order valence-electron chi connectivity index (χ1n) is 10.7. The van der Waals surface area contributed by atoms with E-state index in [4.69, 9.17) is 9.47 Å². The van der Waals surface area contributed by atoms with Crippen molar-refractivity contribution in [1.29, 1.82) is 0 Å². The van der Waals surface area contributed by atoms with Crippen LogP contribution in [0.15, 0.2) is 84.9 Å². The summed E-state index contributed by atoms with van der Waals surface area (Å²) in [6.45, 7) is -0.235. The lowest BCUT2D eigenvalue weighted by atomic mass is 10.1. The van der Waals surface area contributed by atoms with E-state index in [2.05, 4.69) is 10.6 Å². The molecule has 0 radical (unpaired) electrons. The van der Waals surface area contributed by atoms with E-state index in [1.54, 1.807) is 12.1 Å². The van der Waals surface area contributed by atoms with Crippen molar-refractivity contribution in [1.82, 2.24) is 10.6 Å². The number of amides is 2. The Hall–Kier alpha value is -4.33. The number of hydrogen-bond donors (Lipinski definition) is 3. The molecule has 0 fully saturated rings. The quantitative estimate of drug-likeness (QED) is 0.399. The number of rotatable bonds is 10. The van der Waals surface area contributed by atoms with Gasteiger partial charge in [-0.15, -0.1) is 0 Å². The van der Waals surface area contributed by atoms with Crippen molar-refractivity contribution in [3.63, 3.8) is 0 Å². The number of benzene rings is 3. The first-order valence-corrected chi connectivity index (χ1v) is 10.7. The first kappa shape index (κ1) is 24.3. The molecule has 0 saturated heterocycles. The summed E-state index contributed by atoms with van der Waals surface area (Å²) in [5.41, 5.74) is 2.35. The number of carbonyl (C=O) groups is 3. The number of phenols is 1. The summed E-state index contributed by atoms with van der Waals surface area (Å²) >= 11 is 0. The highest BCUT2D eigenvalue weighted by atomic mass is 16.5. The van der Waals surface area contributed by atoms with E-state index in [1.807, 2.05) is 60.7 Å². The van der Waals surface area contributed by atoms with E-state index in [9.17, 15) is 19.5 Å². The van der Waals surface area contributed by atoms with Crippen LogP contribution in [0.3, 0.4) is 0 Å². The molecule has 0 heterocycles. The number of aromatic hydroxyl groups is 1. The largest absolute Gasteiger partial charge is 0.508 e. The predicted octanol–water partition coefficient (Wildman–Crippen LogP) is 3.09. The Balaban J connectivity index is 1.53. The van der Waals surface area contributed by atoms with Gasteiger partial charge in [0.25, 0.3) is 0 Å². The molecular formula is C26H26N2O6. The second kappa shape index (κ2) is 12.6. The molecule has 0 bridgehead atoms. The van der Waals surface area contributed by atoms with Gasteiger partial charge in [0.2, 0.25) is 5.91 Å². The van der Waals surface area contributed by atoms with E-state index >= 15 is 0 Å². The zero-order valence-electron chi connectivity index (χ0n) is 18.5. The minimum Gasteiger partial charge on any atom is -0.508 e. The summed E-state index contributed by atoms with van der Waals surface area (Å²) in [5, 5.41) is 14.4. The van der Waals surface area contributed by atoms with Crippen molar-refractivity contribution < 1.29 is 29.0 Å². The number of hydrogen-bond acceptors (Lipinski definition) is 6. The predicted molar refractivity (Wildman–Crippen MR) is 125 cm³/mol. The first-order chi connectivity index (χ1) is 16.5. The summed E-state index contributed by atoms with van der Waals surface area (Å²) in [4.78, 5) is 37.0. The van der Waals surface area contributed by atoms with Crippen LogP contribution in [0.4, 0.5) is 4.79 Å². The van der Waals surface area contributed by atoms with Crippen molar-refractivity contribution in [2.75, 3.05) is 6.54 Å². The van der Waals surface area contributed by atoms with Crippen LogP contribution in [0.5, 0.6) is 5.75 Å². The van der Waals surface area contributed by atoms with Gasteiger partial charge >= 0.3 is 12.1 Å². The molecule has 3 rings (SSSR count). The minimum atomic E-state index is -0.983. The third-order valence-corrected chi connectivity index (χ3v) is 4.83. The van der Waals surface area contributed by atoms with Gasteiger partial charge in [-0.25, -0.2) is 9.59 Å². The van der Waals surface area contributed by atoms with Gasteiger partial charge in [-0.3, -0.25) is 4.79 Å². The molecule has 0 saturated carbocycles. The fourth-order valence-electron chi connectivity index (χ4n) is 3.06. The average molecular weight is 463 g/mol. The summed E-state index contributed by atoms with van der Waals surface area (Å²) in [5.74, 6) is -1.09. The molecule has 0 aliphatic heterocycles. The summed E-state index contributed by atoms with van der Waals surface area (Å²) in [6.07, 6.45) is -0.598. The average Bonchev–Trinajstić information content (AvgIpc) is 2.87. The maximum atomic E-state index is 12.7. The molecule has 1 atom stereocenters. The molecule has 2 amide bonds. The van der Waals surface area contributed by atoms with Crippen LogP contribution >= 0.6 is 0 Å². The van der Waals surface area contributed by atoms with Crippen molar-refractivity contribution >= 4 is 18.0 Å². The van der Waals surface area contributed by atoms with Gasteiger partial charge in [0, 0.05) is 6.42 Å². The van der Waals surface area contributed by atoms with Crippen molar-refractivity contribution in [2.45, 2.75) is 25.7 Å². The second-order valence-corrected chi connectivity index (χ2v) is 7.50. The lowest BCUT2D eigenvalue weighted by Gasteiger charge is -2.18. The SMILES string of the molecule is O=C(CNC(=O)OCc1ccccc1)NC(Cc1ccc(O)cc1)C(=O)OCc1ccccc1. The number of carbonyl (C=O) groups excluding carboxylic acids is 3. The summed E-state index contributed by atoms with van der Waals surface area (Å²) < 4.78 is 10.5. The van der Waals surface area contributed by atoms with Crippen molar-refractivity contribution in [3.8, 4) is 5.75 Å². The Kier molecular flexibility index (Phi) is 9.04. The number of alkyl carbamates (subject to hydrolysis) is 1. The fourth-order valence-corrected chi connectivity index (χ4v) is 3.06. The number of nitrogens with one attached hydrogen (secondary N) is 2. The van der Waals surface area contributed by atoms with Crippen LogP contribution < -0.4 is 10.6 Å². The number of phenolic OH excluding ortho intramolecular Hbond substituents is 1. The standard InChI is InChI=1S/C26H26N2O6/c29-22-13-11-19(12-14-22)15-23(25(31)33-17-20-7-3-1-4-8-20)28-24(30)16-27-26(32)34-18-21-9-5-2-6-10-21/h1-14,23,29H,15-18H2,(H,27,32)(H,28,30). The van der Waals surface area contributed by atoms with Crippen LogP contribution in [0.25, 0.3) is 0 Å². The van der Waals surface area contributed by atoms with Crippen molar-refractivity contribution in [3.05, 3.63) is 102 Å². The molecule has 3 aromatic carbocycles. The van der Waals surface area contributed by atoms with Gasteiger partial charge in [-0.05, 0) is 28.8 Å². The molecule has 3 N–H and O–H groups in total. The van der Waals surface area contributed by atoms with Gasteiger partial charge < -0.3 is 25.2 Å². The Morgan fingerprint density at radius 2 is 1.29 bits per heavy atom. The number of ether oxygens (including phenoxy) is 2. The Bertz CT molecular complexity index is 1070. The lowest BCUT2D eigenvalue weighted by Crippen LogP contribution is -2.47. The summed E-state index contributed by atoms with van der Waals surface area (Å²) in [6, 6.07) is 23.6. The molecule has 0 spiro atoms. The van der Waals surface area contributed by atoms with Gasteiger partial charge in [0.05, 0.1) is 0 Å². The Morgan fingerprint density at radius 1 is 0.735 bits per heavy atom. The third kappa shape index (κ3) is 8.31. The zero-order chi connectivity index (χ0) is 24.2. The van der Waals surface area contributed by atoms with Crippen LogP contribution in [-0.2, 0) is 38.7 Å². The van der Waals surface area contributed by atoms with E-state index in [0.717, 1.165) is 16.7 Å². The molecule has 8 heteroatoms. The Morgan fingerprint density at radius 3 is 1.88 bits per heavy atom. The lowest BCUT2D eigenvalue weighted by molar-refractivity contribution is -0.149. The molecule has 0 aromatic heterocycles. The highest BCUT2D eigenvalue weighted by Crippen LogP contribution is 2.12. The van der Waals surface area contributed by atoms with Gasteiger partial charge in [-0.2, -0.15) is 0 Å². The maximum absolute atomic E-state index is 12.7. The fraction of sp³-hybridized carbons (Fsp3) is 0.192. The highest BCUT2D eigenvalue weighted by molar-refractivity contribution is 5.87. The van der Waals surface area contributed by atoms with Crippen LogP contribution in [0.1, 0.15) is 16.7 Å². The monoisotopic (exact) mass is 462 g/mol. The molecule has 176 valence electrons. The van der Waals surface area contributed by atoms with Crippen molar-refractivity contribution in [2.24, 2.45) is 0 Å². The molecular weight excluding hydrogens is 436 g/mol. The van der Waals surface area contributed by atoms with Gasteiger partial charge in [0.15, 0.2) is 0 Å². The van der Waals surface area contributed by atoms with E-state index in [1.165, 1.54) is 12.1 Å². The zero-order valence-corrected chi connectivity index (χ0v) is 18.5. The van der Waals surface area contributed by atoms with E-state index in [-0.39, 0.29) is 31.9 Å². The molecule has 1 unspecified atom stereocenters. The minimum absolute atomic E-state index is 0.0612. The van der Waals surface area contributed by atoms with E-state index in [0.29, 0.717) is 0 Å². The Labute approximate surface area is 197 Å². The molecule has 3 aromatic rings. The third-order valence-electron chi connectivity index (χ3n) is 4.83. The van der Waals surface area contributed by atoms with Crippen LogP contribution in [0.2, 0.25) is 0 Å². The maximum Gasteiger partial charge on any atom is 0.407 e. The normalized spacial score (nSPS) is 11.2. The molecule has 8 nitrogen and oxygen atoms in total. The van der Waals surface area contributed by atoms with Crippen LogP contribution in [-0.4, -0.2) is 35.7 Å². The molecule has 0 aliphatic rings. The van der Waals surface area contributed by atoms with E-state index < -0.39 is 24.0 Å². The summed E-state index contributed by atoms with van der Waals surface area (Å²) in [7, 11) is 0. The van der Waals surface area contributed by atoms with Gasteiger partial charge in [-0.1, -0.05) is 72.8 Å². The second-order valence-electron chi connectivity index (χ2n) is 7.50. The topological polar surface area (TPSA) is 114 Å². The number of esters is 1. The molecule has 34 heavy (non-hydrogen) atoms. The van der Waals surface area contributed by atoms with Gasteiger partial charge in [0.1, 0.15) is 31.5 Å². The van der Waals surface area contributed by atoms with Crippen LogP contribution in [0, 0.1) is 0 Å².